The molecule has 0 atom stereocenters. The summed E-state index contributed by atoms with van der Waals surface area (Å²) in [5.41, 5.74) is 11.0. The third-order valence-electron chi connectivity index (χ3n) is 2.54. The molecule has 96 valence electrons. The van der Waals surface area contributed by atoms with Crippen LogP contribution in [-0.4, -0.2) is 28.5 Å². The fourth-order valence-electron chi connectivity index (χ4n) is 1.74. The first-order valence-corrected chi connectivity index (χ1v) is 6.42. The van der Waals surface area contributed by atoms with Gasteiger partial charge in [0.2, 0.25) is 11.9 Å². The number of nitrogens with two attached hydrogens (primary N) is 2. The molecule has 0 bridgehead atoms. The fraction of sp³-hybridized carbons (Fsp3) is 0.364. The van der Waals surface area contributed by atoms with Crippen LogP contribution < -0.4 is 16.4 Å². The molecule has 0 saturated carbocycles. The predicted octanol–water partition coefficient (Wildman–Crippen LogP) is 0.974. The lowest BCUT2D eigenvalue weighted by Gasteiger charge is -2.27. The van der Waals surface area contributed by atoms with Crippen LogP contribution in [0.5, 0.6) is 0 Å². The molecule has 2 heterocycles. The van der Waals surface area contributed by atoms with E-state index in [4.69, 9.17) is 11.5 Å². The molecule has 2 rings (SSSR count). The second-order valence-electron chi connectivity index (χ2n) is 4.23. The Hall–Kier alpha value is -1.89. The second-order valence-corrected chi connectivity index (χ2v) is 5.13. The van der Waals surface area contributed by atoms with Crippen molar-refractivity contribution in [1.82, 2.24) is 9.97 Å². The van der Waals surface area contributed by atoms with Gasteiger partial charge in [-0.3, -0.25) is 4.79 Å². The van der Waals surface area contributed by atoms with Gasteiger partial charge in [0.05, 0.1) is 11.9 Å². The SMILES string of the molecule is CC(C)N(CC(N)=O)c1nc(N)nc2sccc12. The zero-order valence-electron chi connectivity index (χ0n) is 10.3. The molecular weight excluding hydrogens is 250 g/mol. The van der Waals surface area contributed by atoms with Gasteiger partial charge >= 0.3 is 0 Å². The van der Waals surface area contributed by atoms with Crippen molar-refractivity contribution in [3.63, 3.8) is 0 Å². The third kappa shape index (κ3) is 2.35. The Bertz CT molecular complexity index is 580. The summed E-state index contributed by atoms with van der Waals surface area (Å²) in [6.07, 6.45) is 0. The number of carbonyl (C=O) groups excluding carboxylic acids is 1. The zero-order chi connectivity index (χ0) is 13.3. The van der Waals surface area contributed by atoms with Crippen molar-refractivity contribution in [2.24, 2.45) is 5.73 Å². The highest BCUT2D eigenvalue weighted by atomic mass is 32.1. The minimum Gasteiger partial charge on any atom is -0.368 e. The van der Waals surface area contributed by atoms with Gasteiger partial charge in [0, 0.05) is 6.04 Å². The van der Waals surface area contributed by atoms with E-state index < -0.39 is 5.91 Å². The van der Waals surface area contributed by atoms with Crippen LogP contribution in [-0.2, 0) is 4.79 Å². The number of fused-ring (bicyclic) bond motifs is 1. The lowest BCUT2D eigenvalue weighted by Crippen LogP contribution is -2.39. The Morgan fingerprint density at radius 3 is 2.83 bits per heavy atom. The maximum Gasteiger partial charge on any atom is 0.237 e. The Morgan fingerprint density at radius 2 is 2.22 bits per heavy atom. The summed E-state index contributed by atoms with van der Waals surface area (Å²) >= 11 is 1.49. The Labute approximate surface area is 109 Å². The molecule has 0 fully saturated rings. The summed E-state index contributed by atoms with van der Waals surface area (Å²) in [6, 6.07) is 2.01. The van der Waals surface area contributed by atoms with Crippen molar-refractivity contribution >= 4 is 39.2 Å². The number of amides is 1. The average Bonchev–Trinajstić information content (AvgIpc) is 2.71. The van der Waals surface area contributed by atoms with E-state index in [0.29, 0.717) is 5.82 Å². The molecule has 18 heavy (non-hydrogen) atoms. The van der Waals surface area contributed by atoms with E-state index >= 15 is 0 Å². The zero-order valence-corrected chi connectivity index (χ0v) is 11.1. The summed E-state index contributed by atoms with van der Waals surface area (Å²) in [4.78, 5) is 22.2. The Balaban J connectivity index is 2.55. The van der Waals surface area contributed by atoms with Gasteiger partial charge in [-0.25, -0.2) is 4.98 Å². The van der Waals surface area contributed by atoms with Crippen LogP contribution in [0.2, 0.25) is 0 Å². The number of hydrogen-bond acceptors (Lipinski definition) is 6. The van der Waals surface area contributed by atoms with Crippen molar-refractivity contribution < 1.29 is 4.79 Å². The van der Waals surface area contributed by atoms with Gasteiger partial charge in [-0.1, -0.05) is 0 Å². The Morgan fingerprint density at radius 1 is 1.50 bits per heavy atom. The van der Waals surface area contributed by atoms with E-state index in [2.05, 4.69) is 9.97 Å². The van der Waals surface area contributed by atoms with E-state index in [1.807, 2.05) is 30.2 Å². The van der Waals surface area contributed by atoms with Crippen LogP contribution in [0.3, 0.4) is 0 Å². The number of rotatable bonds is 4. The highest BCUT2D eigenvalue weighted by Crippen LogP contribution is 2.29. The van der Waals surface area contributed by atoms with Gasteiger partial charge in [-0.05, 0) is 25.3 Å². The van der Waals surface area contributed by atoms with E-state index in [0.717, 1.165) is 10.2 Å². The lowest BCUT2D eigenvalue weighted by atomic mass is 10.2. The van der Waals surface area contributed by atoms with Crippen LogP contribution in [0.4, 0.5) is 11.8 Å². The molecule has 7 heteroatoms. The van der Waals surface area contributed by atoms with Gasteiger partial charge in [0.15, 0.2) is 0 Å². The van der Waals surface area contributed by atoms with Crippen LogP contribution in [0, 0.1) is 0 Å². The van der Waals surface area contributed by atoms with Crippen LogP contribution in [0.1, 0.15) is 13.8 Å². The van der Waals surface area contributed by atoms with E-state index in [9.17, 15) is 4.79 Å². The van der Waals surface area contributed by atoms with Crippen molar-refractivity contribution in [2.45, 2.75) is 19.9 Å². The quantitative estimate of drug-likeness (QED) is 0.858. The minimum absolute atomic E-state index is 0.0925. The third-order valence-corrected chi connectivity index (χ3v) is 3.35. The fourth-order valence-corrected chi connectivity index (χ4v) is 2.51. The number of nitrogens with zero attached hydrogens (tertiary/aromatic N) is 3. The summed E-state index contributed by atoms with van der Waals surface area (Å²) in [7, 11) is 0. The largest absolute Gasteiger partial charge is 0.368 e. The minimum atomic E-state index is -0.399. The number of aromatic nitrogens is 2. The number of carbonyl (C=O) groups is 1. The summed E-state index contributed by atoms with van der Waals surface area (Å²) in [6.45, 7) is 4.05. The van der Waals surface area contributed by atoms with Crippen LogP contribution in [0.15, 0.2) is 11.4 Å². The summed E-state index contributed by atoms with van der Waals surface area (Å²) in [5.74, 6) is 0.465. The molecule has 6 nitrogen and oxygen atoms in total. The first kappa shape index (κ1) is 12.6. The molecule has 0 unspecified atom stereocenters. The van der Waals surface area contributed by atoms with Crippen molar-refractivity contribution in [1.29, 1.82) is 0 Å². The van der Waals surface area contributed by atoms with Gasteiger partial charge in [0.1, 0.15) is 10.6 Å². The first-order valence-electron chi connectivity index (χ1n) is 5.54. The van der Waals surface area contributed by atoms with E-state index in [1.165, 1.54) is 11.3 Å². The first-order chi connectivity index (χ1) is 8.49. The molecule has 2 aromatic heterocycles. The number of hydrogen-bond donors (Lipinski definition) is 2. The topological polar surface area (TPSA) is 98.1 Å². The number of nitrogen functional groups attached to an aromatic ring is 1. The normalized spacial score (nSPS) is 11.1. The number of primary amides is 1. The summed E-state index contributed by atoms with van der Waals surface area (Å²) < 4.78 is 0. The molecule has 4 N–H and O–H groups in total. The maximum atomic E-state index is 11.2. The Kier molecular flexibility index (Phi) is 3.33. The van der Waals surface area contributed by atoms with Crippen LogP contribution in [0.25, 0.3) is 10.2 Å². The molecule has 0 aliphatic carbocycles. The molecule has 0 aliphatic rings. The standard InChI is InChI=1S/C11H15N5OS/c1-6(2)16(5-8(12)17)9-7-3-4-18-10(7)15-11(13)14-9/h3-4,6H,5H2,1-2H3,(H2,12,17)(H2,13,14,15). The molecule has 1 amide bonds. The number of anilines is 2. The lowest BCUT2D eigenvalue weighted by molar-refractivity contribution is -0.116. The van der Waals surface area contributed by atoms with E-state index in [1.54, 1.807) is 0 Å². The van der Waals surface area contributed by atoms with Crippen molar-refractivity contribution in [3.8, 4) is 0 Å². The van der Waals surface area contributed by atoms with Gasteiger partial charge in [-0.2, -0.15) is 4.98 Å². The smallest absolute Gasteiger partial charge is 0.237 e. The summed E-state index contributed by atoms with van der Waals surface area (Å²) in [5, 5.41) is 2.81. The predicted molar refractivity (Wildman–Crippen MR) is 73.5 cm³/mol. The molecule has 0 aromatic carbocycles. The molecule has 0 spiro atoms. The van der Waals surface area contributed by atoms with Gasteiger partial charge < -0.3 is 16.4 Å². The van der Waals surface area contributed by atoms with Gasteiger partial charge in [0.25, 0.3) is 0 Å². The highest BCUT2D eigenvalue weighted by molar-refractivity contribution is 7.16. The molecular formula is C11H15N5OS. The van der Waals surface area contributed by atoms with Crippen LogP contribution >= 0.6 is 11.3 Å². The number of thiophene rings is 1. The van der Waals surface area contributed by atoms with E-state index in [-0.39, 0.29) is 18.5 Å². The van der Waals surface area contributed by atoms with Crippen molar-refractivity contribution in [2.75, 3.05) is 17.2 Å². The molecule has 0 radical (unpaired) electrons. The van der Waals surface area contributed by atoms with Crippen molar-refractivity contribution in [3.05, 3.63) is 11.4 Å². The highest BCUT2D eigenvalue weighted by Gasteiger charge is 2.19. The molecule has 0 saturated heterocycles. The van der Waals surface area contributed by atoms with Gasteiger partial charge in [-0.15, -0.1) is 11.3 Å². The maximum absolute atomic E-state index is 11.2. The molecule has 0 aliphatic heterocycles. The average molecular weight is 265 g/mol. The monoisotopic (exact) mass is 265 g/mol. The second kappa shape index (κ2) is 4.77. The molecule has 2 aromatic rings.